The van der Waals surface area contributed by atoms with Gasteiger partial charge in [0.1, 0.15) is 5.82 Å². The van der Waals surface area contributed by atoms with Crippen molar-refractivity contribution in [2.75, 3.05) is 17.2 Å². The molecule has 0 aliphatic heterocycles. The molecule has 0 atom stereocenters. The van der Waals surface area contributed by atoms with Crippen LogP contribution in [0, 0.1) is 17.1 Å². The molecule has 0 unspecified atom stereocenters. The molecule has 0 bridgehead atoms. The second-order valence-corrected chi connectivity index (χ2v) is 5.87. The molecule has 5 nitrogen and oxygen atoms in total. The Bertz CT molecular complexity index is 980. The van der Waals surface area contributed by atoms with Crippen LogP contribution < -0.4 is 10.6 Å². The number of nitrogens with zero attached hydrogens (tertiary/aromatic N) is 2. The van der Waals surface area contributed by atoms with Crippen molar-refractivity contribution in [3.63, 3.8) is 0 Å². The molecule has 1 amide bonds. The van der Waals surface area contributed by atoms with Gasteiger partial charge in [0.05, 0.1) is 22.9 Å². The number of aromatic nitrogens is 1. The van der Waals surface area contributed by atoms with Gasteiger partial charge in [-0.15, -0.1) is 0 Å². The van der Waals surface area contributed by atoms with Crippen LogP contribution in [0.5, 0.6) is 0 Å². The van der Waals surface area contributed by atoms with Gasteiger partial charge in [-0.2, -0.15) is 5.26 Å². The van der Waals surface area contributed by atoms with Crippen molar-refractivity contribution in [1.82, 2.24) is 4.98 Å². The molecule has 3 aromatic rings. The molecule has 134 valence electrons. The lowest BCUT2D eigenvalue weighted by atomic mass is 10.1. The highest BCUT2D eigenvalue weighted by Crippen LogP contribution is 2.14. The van der Waals surface area contributed by atoms with Gasteiger partial charge in [0.15, 0.2) is 0 Å². The van der Waals surface area contributed by atoms with E-state index < -0.39 is 0 Å². The lowest BCUT2D eigenvalue weighted by Gasteiger charge is -2.09. The van der Waals surface area contributed by atoms with Crippen LogP contribution in [0.1, 0.15) is 21.5 Å². The Kier molecular flexibility index (Phi) is 5.75. The first-order valence-electron chi connectivity index (χ1n) is 8.39. The first kappa shape index (κ1) is 18.1. The van der Waals surface area contributed by atoms with E-state index in [1.54, 1.807) is 54.7 Å². The molecule has 0 radical (unpaired) electrons. The Morgan fingerprint density at radius 1 is 1.07 bits per heavy atom. The Labute approximate surface area is 156 Å². The zero-order valence-electron chi connectivity index (χ0n) is 14.4. The van der Waals surface area contributed by atoms with Crippen molar-refractivity contribution in [3.05, 3.63) is 89.5 Å². The minimum atomic E-state index is -0.301. The number of rotatable bonds is 6. The lowest BCUT2D eigenvalue weighted by Crippen LogP contribution is -2.13. The summed E-state index contributed by atoms with van der Waals surface area (Å²) >= 11 is 0. The van der Waals surface area contributed by atoms with E-state index in [9.17, 15) is 9.18 Å². The van der Waals surface area contributed by atoms with Crippen molar-refractivity contribution < 1.29 is 9.18 Å². The summed E-state index contributed by atoms with van der Waals surface area (Å²) in [6, 6.07) is 17.0. The molecule has 0 aliphatic rings. The van der Waals surface area contributed by atoms with E-state index in [-0.39, 0.29) is 11.7 Å². The van der Waals surface area contributed by atoms with Crippen molar-refractivity contribution in [2.24, 2.45) is 0 Å². The Balaban J connectivity index is 1.60. The van der Waals surface area contributed by atoms with E-state index >= 15 is 0 Å². The number of nitrogens with one attached hydrogen (secondary N) is 2. The average Bonchev–Trinajstić information content (AvgIpc) is 2.70. The zero-order valence-corrected chi connectivity index (χ0v) is 14.4. The van der Waals surface area contributed by atoms with Gasteiger partial charge in [-0.05, 0) is 48.4 Å². The van der Waals surface area contributed by atoms with Crippen LogP contribution in [-0.4, -0.2) is 17.4 Å². The number of pyridine rings is 1. The molecular weight excluding hydrogens is 343 g/mol. The van der Waals surface area contributed by atoms with Gasteiger partial charge >= 0.3 is 0 Å². The van der Waals surface area contributed by atoms with Gasteiger partial charge in [-0.1, -0.05) is 18.2 Å². The molecule has 0 saturated carbocycles. The largest absolute Gasteiger partial charge is 0.383 e. The van der Waals surface area contributed by atoms with Crippen molar-refractivity contribution in [2.45, 2.75) is 6.42 Å². The summed E-state index contributed by atoms with van der Waals surface area (Å²) in [5.41, 5.74) is 2.83. The summed E-state index contributed by atoms with van der Waals surface area (Å²) in [4.78, 5) is 16.4. The summed E-state index contributed by atoms with van der Waals surface area (Å²) in [7, 11) is 0. The molecule has 0 aliphatic carbocycles. The second kappa shape index (κ2) is 8.59. The van der Waals surface area contributed by atoms with Gasteiger partial charge in [0, 0.05) is 24.6 Å². The standard InChI is InChI=1S/C21H17FN4O/c22-20-4-2-1-3-16(20)9-10-25-19-11-17(13-24-14-19)21(27)26-18-7-5-15(12-23)6-8-18/h1-8,11,13-14,25H,9-10H2,(H,26,27). The predicted molar refractivity (Wildman–Crippen MR) is 102 cm³/mol. The van der Waals surface area contributed by atoms with Crippen molar-refractivity contribution in [3.8, 4) is 6.07 Å². The highest BCUT2D eigenvalue weighted by Gasteiger charge is 2.08. The normalized spacial score (nSPS) is 10.1. The number of hydrogen-bond acceptors (Lipinski definition) is 4. The maximum Gasteiger partial charge on any atom is 0.257 e. The maximum atomic E-state index is 13.6. The number of benzene rings is 2. The third-order valence-corrected chi connectivity index (χ3v) is 3.95. The molecule has 2 aromatic carbocycles. The van der Waals surface area contributed by atoms with Crippen LogP contribution in [0.25, 0.3) is 0 Å². The smallest absolute Gasteiger partial charge is 0.257 e. The summed E-state index contributed by atoms with van der Waals surface area (Å²) < 4.78 is 13.6. The van der Waals surface area contributed by atoms with Gasteiger partial charge < -0.3 is 10.6 Å². The van der Waals surface area contributed by atoms with Crippen LogP contribution >= 0.6 is 0 Å². The molecule has 0 fully saturated rings. The van der Waals surface area contributed by atoms with E-state index in [0.717, 1.165) is 0 Å². The van der Waals surface area contributed by atoms with Gasteiger partial charge in [0.2, 0.25) is 0 Å². The monoisotopic (exact) mass is 360 g/mol. The van der Waals surface area contributed by atoms with Crippen LogP contribution in [0.15, 0.2) is 67.0 Å². The topological polar surface area (TPSA) is 77.8 Å². The van der Waals surface area contributed by atoms with E-state index in [4.69, 9.17) is 5.26 Å². The number of hydrogen-bond donors (Lipinski definition) is 2. The molecule has 0 spiro atoms. The maximum absolute atomic E-state index is 13.6. The third-order valence-electron chi connectivity index (χ3n) is 3.95. The molecule has 3 rings (SSSR count). The van der Waals surface area contributed by atoms with Gasteiger partial charge in [-0.3, -0.25) is 9.78 Å². The van der Waals surface area contributed by atoms with Crippen molar-refractivity contribution >= 4 is 17.3 Å². The first-order valence-corrected chi connectivity index (χ1v) is 8.39. The highest BCUT2D eigenvalue weighted by molar-refractivity contribution is 6.04. The fraction of sp³-hybridized carbons (Fsp3) is 0.0952. The van der Waals surface area contributed by atoms with Crippen LogP contribution in [-0.2, 0) is 6.42 Å². The molecule has 1 heterocycles. The SMILES string of the molecule is N#Cc1ccc(NC(=O)c2cncc(NCCc3ccccc3F)c2)cc1. The molecule has 1 aromatic heterocycles. The summed E-state index contributed by atoms with van der Waals surface area (Å²) in [6.07, 6.45) is 3.61. The number of amides is 1. The van der Waals surface area contributed by atoms with E-state index in [1.165, 1.54) is 12.3 Å². The lowest BCUT2D eigenvalue weighted by molar-refractivity contribution is 0.102. The minimum absolute atomic E-state index is 0.229. The number of anilines is 2. The number of nitriles is 1. The highest BCUT2D eigenvalue weighted by atomic mass is 19.1. The van der Waals surface area contributed by atoms with E-state index in [2.05, 4.69) is 15.6 Å². The minimum Gasteiger partial charge on any atom is -0.383 e. The fourth-order valence-corrected chi connectivity index (χ4v) is 2.53. The first-order chi connectivity index (χ1) is 13.2. The Morgan fingerprint density at radius 2 is 1.85 bits per heavy atom. The third kappa shape index (κ3) is 4.89. The zero-order chi connectivity index (χ0) is 19.1. The number of halogens is 1. The molecule has 27 heavy (non-hydrogen) atoms. The molecular formula is C21H17FN4O. The van der Waals surface area contributed by atoms with E-state index in [0.29, 0.717) is 41.0 Å². The average molecular weight is 360 g/mol. The van der Waals surface area contributed by atoms with Crippen molar-refractivity contribution in [1.29, 1.82) is 5.26 Å². The predicted octanol–water partition coefficient (Wildman–Crippen LogP) is 4.00. The summed E-state index contributed by atoms with van der Waals surface area (Å²) in [5.74, 6) is -0.530. The van der Waals surface area contributed by atoms with Crippen LogP contribution in [0.3, 0.4) is 0 Å². The summed E-state index contributed by atoms with van der Waals surface area (Å²) in [5, 5.41) is 14.7. The second-order valence-electron chi connectivity index (χ2n) is 5.87. The Hall–Kier alpha value is -3.72. The van der Waals surface area contributed by atoms with Crippen LogP contribution in [0.4, 0.5) is 15.8 Å². The quantitative estimate of drug-likeness (QED) is 0.696. The molecule has 6 heteroatoms. The van der Waals surface area contributed by atoms with Gasteiger partial charge in [-0.25, -0.2) is 4.39 Å². The molecule has 0 saturated heterocycles. The summed E-state index contributed by atoms with van der Waals surface area (Å²) in [6.45, 7) is 0.517. The number of carbonyl (C=O) groups excluding carboxylic acids is 1. The molecule has 2 N–H and O–H groups in total. The van der Waals surface area contributed by atoms with Crippen LogP contribution in [0.2, 0.25) is 0 Å². The Morgan fingerprint density at radius 3 is 2.59 bits per heavy atom. The van der Waals surface area contributed by atoms with E-state index in [1.807, 2.05) is 6.07 Å². The fourth-order valence-electron chi connectivity index (χ4n) is 2.53. The number of carbonyl (C=O) groups is 1. The van der Waals surface area contributed by atoms with Gasteiger partial charge in [0.25, 0.3) is 5.91 Å².